The summed E-state index contributed by atoms with van der Waals surface area (Å²) < 4.78 is 5.94. The van der Waals surface area contributed by atoms with Crippen LogP contribution in [-0.4, -0.2) is 23.4 Å². The van der Waals surface area contributed by atoms with Crippen molar-refractivity contribution in [3.63, 3.8) is 0 Å². The summed E-state index contributed by atoms with van der Waals surface area (Å²) in [6.45, 7) is 1.85. The van der Waals surface area contributed by atoms with Crippen LogP contribution >= 0.6 is 11.8 Å². The summed E-state index contributed by atoms with van der Waals surface area (Å²) in [5, 5.41) is 17.3. The molecule has 7 nitrogen and oxygen atoms in total. The number of aromatic hydroxyl groups is 1. The third-order valence-electron chi connectivity index (χ3n) is 6.06. The van der Waals surface area contributed by atoms with Gasteiger partial charge in [-0.15, -0.1) is 11.8 Å². The van der Waals surface area contributed by atoms with Crippen molar-refractivity contribution in [2.24, 2.45) is 5.92 Å². The number of amides is 2. The number of carbonyl (C=O) groups is 2. The maximum absolute atomic E-state index is 13.0. The Hall–Kier alpha value is -4.43. The van der Waals surface area contributed by atoms with Gasteiger partial charge in [0.05, 0.1) is 11.4 Å². The van der Waals surface area contributed by atoms with Gasteiger partial charge >= 0.3 is 6.09 Å². The van der Waals surface area contributed by atoms with Crippen molar-refractivity contribution < 1.29 is 19.4 Å². The van der Waals surface area contributed by atoms with E-state index in [1.54, 1.807) is 72.4 Å². The van der Waals surface area contributed by atoms with Crippen LogP contribution in [0.5, 0.6) is 5.75 Å². The molecule has 0 fully saturated rings. The fraction of sp³-hybridized carbons (Fsp3) is 0.133. The molecule has 0 saturated heterocycles. The number of para-hydroxylation sites is 2. The molecule has 2 amide bonds. The maximum atomic E-state index is 13.0. The summed E-state index contributed by atoms with van der Waals surface area (Å²) in [6.07, 6.45) is 3.67. The van der Waals surface area contributed by atoms with E-state index < -0.39 is 18.1 Å². The molecule has 2 atom stereocenters. The average molecular weight is 528 g/mol. The van der Waals surface area contributed by atoms with Crippen molar-refractivity contribution in [1.82, 2.24) is 0 Å². The molecule has 0 bridgehead atoms. The van der Waals surface area contributed by atoms with Crippen molar-refractivity contribution >= 4 is 51.6 Å². The van der Waals surface area contributed by atoms with E-state index in [9.17, 15) is 14.7 Å². The van der Waals surface area contributed by atoms with Crippen LogP contribution in [0.4, 0.5) is 21.9 Å². The number of carbonyl (C=O) groups excluding carboxylic acids is 2. The van der Waals surface area contributed by atoms with Crippen LogP contribution in [-0.2, 0) is 9.53 Å². The predicted molar refractivity (Wildman–Crippen MR) is 154 cm³/mol. The van der Waals surface area contributed by atoms with E-state index in [0.29, 0.717) is 28.0 Å². The van der Waals surface area contributed by atoms with Crippen LogP contribution in [0, 0.1) is 5.92 Å². The van der Waals surface area contributed by atoms with E-state index in [0.717, 1.165) is 10.3 Å². The van der Waals surface area contributed by atoms with Gasteiger partial charge in [-0.25, -0.2) is 4.79 Å². The monoisotopic (exact) mass is 527 g/mol. The van der Waals surface area contributed by atoms with Crippen LogP contribution in [0.1, 0.15) is 18.6 Å². The molecule has 194 valence electrons. The highest BCUT2D eigenvalue weighted by Gasteiger charge is 2.25. The van der Waals surface area contributed by atoms with Crippen molar-refractivity contribution in [3.05, 3.63) is 103 Å². The molecular weight excluding hydrogens is 498 g/mol. The molecule has 8 heteroatoms. The zero-order chi connectivity index (χ0) is 27.1. The minimum absolute atomic E-state index is 0.129. The molecule has 0 radical (unpaired) electrons. The van der Waals surface area contributed by atoms with E-state index >= 15 is 0 Å². The zero-order valence-corrected chi connectivity index (χ0v) is 21.9. The van der Waals surface area contributed by atoms with Crippen LogP contribution in [0.2, 0.25) is 0 Å². The lowest BCUT2D eigenvalue weighted by atomic mass is 9.92. The van der Waals surface area contributed by atoms with E-state index in [4.69, 9.17) is 10.5 Å². The van der Waals surface area contributed by atoms with Gasteiger partial charge in [0.1, 0.15) is 11.9 Å². The summed E-state index contributed by atoms with van der Waals surface area (Å²) in [4.78, 5) is 26.6. The fourth-order valence-electron chi connectivity index (χ4n) is 4.07. The number of ether oxygens (including phenoxy) is 1. The molecule has 0 aromatic heterocycles. The summed E-state index contributed by atoms with van der Waals surface area (Å²) in [6, 6.07) is 25.1. The first kappa shape index (κ1) is 26.6. The van der Waals surface area contributed by atoms with Gasteiger partial charge in [-0.05, 0) is 60.2 Å². The molecule has 0 spiro atoms. The number of hydrogen-bond donors (Lipinski definition) is 4. The van der Waals surface area contributed by atoms with Crippen LogP contribution < -0.4 is 16.4 Å². The van der Waals surface area contributed by atoms with Crippen LogP contribution in [0.3, 0.4) is 0 Å². The Bertz CT molecular complexity index is 1470. The number of fused-ring (bicyclic) bond motifs is 1. The molecule has 4 aromatic rings. The first-order valence-corrected chi connectivity index (χ1v) is 13.2. The quantitative estimate of drug-likeness (QED) is 0.112. The second-order valence-electron chi connectivity index (χ2n) is 8.69. The molecule has 5 N–H and O–H groups in total. The number of hydrogen-bond acceptors (Lipinski definition) is 6. The average Bonchev–Trinajstić information content (AvgIpc) is 2.93. The zero-order valence-electron chi connectivity index (χ0n) is 21.0. The van der Waals surface area contributed by atoms with Gasteiger partial charge in [0.25, 0.3) is 0 Å². The smallest absolute Gasteiger partial charge is 0.412 e. The second kappa shape index (κ2) is 12.2. The highest BCUT2D eigenvalue weighted by Crippen LogP contribution is 2.36. The number of phenols is 1. The molecule has 0 aliphatic rings. The summed E-state index contributed by atoms with van der Waals surface area (Å²) in [5.74, 6) is -0.627. The largest absolute Gasteiger partial charge is 0.507 e. The Morgan fingerprint density at radius 1 is 0.921 bits per heavy atom. The Kier molecular flexibility index (Phi) is 8.55. The molecule has 0 heterocycles. The topological polar surface area (TPSA) is 114 Å². The molecule has 0 saturated carbocycles. The highest BCUT2D eigenvalue weighted by molar-refractivity contribution is 7.98. The number of benzene rings is 4. The van der Waals surface area contributed by atoms with E-state index in [-0.39, 0.29) is 11.7 Å². The summed E-state index contributed by atoms with van der Waals surface area (Å²) in [7, 11) is 0. The summed E-state index contributed by atoms with van der Waals surface area (Å²) >= 11 is 1.61. The maximum Gasteiger partial charge on any atom is 0.412 e. The normalized spacial score (nSPS) is 12.7. The first-order chi connectivity index (χ1) is 18.4. The molecule has 0 aliphatic carbocycles. The van der Waals surface area contributed by atoms with Crippen molar-refractivity contribution in [1.29, 1.82) is 0 Å². The first-order valence-electron chi connectivity index (χ1n) is 12.0. The Morgan fingerprint density at radius 2 is 1.61 bits per heavy atom. The van der Waals surface area contributed by atoms with Crippen LogP contribution in [0.25, 0.3) is 10.8 Å². The lowest BCUT2D eigenvalue weighted by Crippen LogP contribution is -2.22. The Balaban J connectivity index is 1.59. The number of rotatable bonds is 8. The highest BCUT2D eigenvalue weighted by atomic mass is 32.2. The number of nitrogen functional groups attached to an aromatic ring is 1. The fourth-order valence-corrected chi connectivity index (χ4v) is 4.48. The van der Waals surface area contributed by atoms with Crippen molar-refractivity contribution in [2.75, 3.05) is 22.6 Å². The van der Waals surface area contributed by atoms with Crippen LogP contribution in [0.15, 0.2) is 102 Å². The van der Waals surface area contributed by atoms with E-state index in [1.807, 2.05) is 43.5 Å². The molecule has 4 rings (SSSR count). The minimum atomic E-state index is -0.753. The molecule has 0 aliphatic heterocycles. The molecule has 38 heavy (non-hydrogen) atoms. The van der Waals surface area contributed by atoms with Gasteiger partial charge in [0.15, 0.2) is 0 Å². The van der Waals surface area contributed by atoms with E-state index in [2.05, 4.69) is 10.6 Å². The lowest BCUT2D eigenvalue weighted by Gasteiger charge is -2.24. The molecule has 0 unspecified atom stereocenters. The number of nitrogens with one attached hydrogen (secondary N) is 2. The lowest BCUT2D eigenvalue weighted by molar-refractivity contribution is -0.111. The van der Waals surface area contributed by atoms with Gasteiger partial charge in [-0.2, -0.15) is 0 Å². The number of nitrogens with two attached hydrogens (primary N) is 1. The molecular formula is C30H29N3O4S. The number of phenolic OH excluding ortho intramolecular Hbond substituents is 1. The van der Waals surface area contributed by atoms with Gasteiger partial charge < -0.3 is 20.9 Å². The van der Waals surface area contributed by atoms with E-state index in [1.165, 1.54) is 6.08 Å². The Labute approximate surface area is 225 Å². The Morgan fingerprint density at radius 3 is 2.32 bits per heavy atom. The van der Waals surface area contributed by atoms with Gasteiger partial charge in [-0.3, -0.25) is 10.1 Å². The van der Waals surface area contributed by atoms with Crippen molar-refractivity contribution in [2.45, 2.75) is 17.9 Å². The standard InChI is InChI=1S/C30H29N3O4S/c1-19(11-18-28(35)33-26-10-6-5-9-25(26)31)29(24-16-17-27(34)23-8-4-3-7-22(23)24)37-30(36)32-20-12-14-21(38-2)15-13-20/h3-19,29,34H,31H2,1-2H3,(H,32,36)(H,33,35)/b18-11+/t19-,29+/m0/s1. The third-order valence-corrected chi connectivity index (χ3v) is 6.80. The number of thioether (sulfide) groups is 1. The van der Waals surface area contributed by atoms with Gasteiger partial charge in [0, 0.05) is 27.5 Å². The third kappa shape index (κ3) is 6.46. The minimum Gasteiger partial charge on any atom is -0.507 e. The van der Waals surface area contributed by atoms with Crippen molar-refractivity contribution in [3.8, 4) is 5.75 Å². The SMILES string of the molecule is CSc1ccc(NC(=O)O[C@@H](c2ccc(O)c3ccccc23)[C@@H](C)/C=C/C(=O)Nc2ccccc2N)cc1. The second-order valence-corrected chi connectivity index (χ2v) is 9.57. The summed E-state index contributed by atoms with van der Waals surface area (Å²) in [5.41, 5.74) is 8.20. The van der Waals surface area contributed by atoms with Gasteiger partial charge in [0.2, 0.25) is 5.91 Å². The molecule has 4 aromatic carbocycles. The van der Waals surface area contributed by atoms with Gasteiger partial charge in [-0.1, -0.05) is 55.5 Å². The number of anilines is 3. The predicted octanol–water partition coefficient (Wildman–Crippen LogP) is 6.97.